The number of H-pyrrole nitrogens is 1. The number of fused-ring (bicyclic) bond motifs is 1. The van der Waals surface area contributed by atoms with Gasteiger partial charge in [-0.2, -0.15) is 0 Å². The number of aromatic amines is 1. The number of imidazole rings is 1. The van der Waals surface area contributed by atoms with E-state index in [2.05, 4.69) is 15.3 Å². The maximum absolute atomic E-state index is 12.1. The fraction of sp³-hybridized carbons (Fsp3) is 0. The monoisotopic (exact) mass is 268 g/mol. The number of rotatable bonds is 2. The minimum Gasteiger partial charge on any atom is -0.507 e. The first kappa shape index (κ1) is 12.0. The fourth-order valence-corrected chi connectivity index (χ4v) is 1.92. The number of aromatic hydroxyl groups is 1. The van der Waals surface area contributed by atoms with Crippen LogP contribution in [0.2, 0.25) is 0 Å². The summed E-state index contributed by atoms with van der Waals surface area (Å²) in [5.74, 6) is -0.292. The van der Waals surface area contributed by atoms with Gasteiger partial charge in [-0.05, 0) is 30.3 Å². The second-order valence-electron chi connectivity index (χ2n) is 4.33. The molecule has 0 spiro atoms. The zero-order chi connectivity index (χ0) is 14.1. The second kappa shape index (κ2) is 4.58. The number of phenolic OH excluding ortho intramolecular Hbond substituents is 1. The number of phenols is 1. The van der Waals surface area contributed by atoms with Crippen LogP contribution in [0.15, 0.2) is 42.5 Å². The first-order chi connectivity index (χ1) is 9.63. The van der Waals surface area contributed by atoms with Gasteiger partial charge in [0.05, 0.1) is 16.6 Å². The van der Waals surface area contributed by atoms with Crippen molar-refractivity contribution < 1.29 is 9.90 Å². The second-order valence-corrected chi connectivity index (χ2v) is 4.33. The third-order valence-electron chi connectivity index (χ3n) is 2.89. The number of aromatic nitrogens is 2. The van der Waals surface area contributed by atoms with Crippen molar-refractivity contribution in [3.05, 3.63) is 48.0 Å². The Balaban J connectivity index is 1.90. The van der Waals surface area contributed by atoms with E-state index < -0.39 is 5.91 Å². The maximum Gasteiger partial charge on any atom is 0.261 e. The Morgan fingerprint density at radius 1 is 1.25 bits per heavy atom. The van der Waals surface area contributed by atoms with Gasteiger partial charge in [0.1, 0.15) is 5.75 Å². The highest BCUT2D eigenvalue weighted by Gasteiger charge is 2.13. The average Bonchev–Trinajstić information content (AvgIpc) is 2.83. The molecule has 3 rings (SSSR count). The van der Waals surface area contributed by atoms with E-state index >= 15 is 0 Å². The molecule has 0 saturated heterocycles. The van der Waals surface area contributed by atoms with Crippen LogP contribution in [0.4, 0.5) is 11.6 Å². The van der Waals surface area contributed by atoms with Crippen LogP contribution in [0.25, 0.3) is 11.0 Å². The summed E-state index contributed by atoms with van der Waals surface area (Å²) in [4.78, 5) is 19.3. The van der Waals surface area contributed by atoms with Gasteiger partial charge in [0, 0.05) is 5.69 Å². The van der Waals surface area contributed by atoms with Crippen molar-refractivity contribution in [2.45, 2.75) is 0 Å². The van der Waals surface area contributed by atoms with Gasteiger partial charge < -0.3 is 15.8 Å². The summed E-state index contributed by atoms with van der Waals surface area (Å²) >= 11 is 0. The number of carbonyl (C=O) groups is 1. The van der Waals surface area contributed by atoms with Gasteiger partial charge in [0.25, 0.3) is 5.91 Å². The van der Waals surface area contributed by atoms with E-state index in [0.29, 0.717) is 11.6 Å². The Hall–Kier alpha value is -3.02. The molecule has 100 valence electrons. The lowest BCUT2D eigenvalue weighted by molar-refractivity contribution is 0.102. The Kier molecular flexibility index (Phi) is 2.76. The van der Waals surface area contributed by atoms with Crippen molar-refractivity contribution >= 4 is 28.6 Å². The van der Waals surface area contributed by atoms with E-state index in [9.17, 15) is 9.90 Å². The molecule has 0 fully saturated rings. The van der Waals surface area contributed by atoms with Crippen LogP contribution in [-0.4, -0.2) is 21.0 Å². The SMILES string of the molecule is Nc1ccc(O)c(C(=O)Nc2nc3ccccc3[nH]2)c1. The summed E-state index contributed by atoms with van der Waals surface area (Å²) < 4.78 is 0. The molecule has 2 aromatic carbocycles. The van der Waals surface area contributed by atoms with Crippen LogP contribution >= 0.6 is 0 Å². The molecule has 5 N–H and O–H groups in total. The van der Waals surface area contributed by atoms with Crippen molar-refractivity contribution in [3.8, 4) is 5.75 Å². The highest BCUT2D eigenvalue weighted by Crippen LogP contribution is 2.21. The number of benzene rings is 2. The summed E-state index contributed by atoms with van der Waals surface area (Å²) in [7, 11) is 0. The van der Waals surface area contributed by atoms with Crippen molar-refractivity contribution in [3.63, 3.8) is 0 Å². The molecule has 0 atom stereocenters. The summed E-state index contributed by atoms with van der Waals surface area (Å²) in [5.41, 5.74) is 7.68. The first-order valence-corrected chi connectivity index (χ1v) is 5.98. The number of hydrogen-bond donors (Lipinski definition) is 4. The lowest BCUT2D eigenvalue weighted by Gasteiger charge is -2.05. The zero-order valence-corrected chi connectivity index (χ0v) is 10.4. The largest absolute Gasteiger partial charge is 0.507 e. The van der Waals surface area contributed by atoms with Crippen LogP contribution in [0.3, 0.4) is 0 Å². The van der Waals surface area contributed by atoms with Gasteiger partial charge >= 0.3 is 0 Å². The maximum atomic E-state index is 12.1. The number of nitrogens with zero attached hydrogens (tertiary/aromatic N) is 1. The van der Waals surface area contributed by atoms with E-state index in [-0.39, 0.29) is 11.3 Å². The Morgan fingerprint density at radius 3 is 2.85 bits per heavy atom. The molecule has 3 aromatic rings. The topological polar surface area (TPSA) is 104 Å². The van der Waals surface area contributed by atoms with Gasteiger partial charge in [0.15, 0.2) is 0 Å². The van der Waals surface area contributed by atoms with Crippen molar-refractivity contribution in [2.75, 3.05) is 11.1 Å². The predicted octanol–water partition coefficient (Wildman–Crippen LogP) is 2.10. The number of nitrogens with two attached hydrogens (primary N) is 1. The van der Waals surface area contributed by atoms with Crippen molar-refractivity contribution in [2.24, 2.45) is 0 Å². The fourth-order valence-electron chi connectivity index (χ4n) is 1.92. The third kappa shape index (κ3) is 2.14. The molecule has 0 bridgehead atoms. The number of carbonyl (C=O) groups excluding carboxylic acids is 1. The van der Waals surface area contributed by atoms with Gasteiger partial charge in [-0.1, -0.05) is 12.1 Å². The summed E-state index contributed by atoms with van der Waals surface area (Å²) in [6.07, 6.45) is 0. The Labute approximate surface area is 114 Å². The standard InChI is InChI=1S/C14H12N4O2/c15-8-5-6-12(19)9(7-8)13(20)18-14-16-10-3-1-2-4-11(10)17-14/h1-7,19H,15H2,(H2,16,17,18,20). The molecule has 0 saturated carbocycles. The summed E-state index contributed by atoms with van der Waals surface area (Å²) in [6, 6.07) is 11.7. The quantitative estimate of drug-likeness (QED) is 0.422. The third-order valence-corrected chi connectivity index (χ3v) is 2.89. The van der Waals surface area contributed by atoms with E-state index in [4.69, 9.17) is 5.73 Å². The molecule has 0 aliphatic heterocycles. The minimum absolute atomic E-state index is 0.102. The molecular formula is C14H12N4O2. The van der Waals surface area contributed by atoms with Crippen molar-refractivity contribution in [1.82, 2.24) is 9.97 Å². The molecular weight excluding hydrogens is 256 g/mol. The number of amides is 1. The molecule has 6 nitrogen and oxygen atoms in total. The van der Waals surface area contributed by atoms with Crippen LogP contribution in [0.1, 0.15) is 10.4 Å². The lowest BCUT2D eigenvalue weighted by Crippen LogP contribution is -2.13. The number of nitrogens with one attached hydrogen (secondary N) is 2. The zero-order valence-electron chi connectivity index (χ0n) is 10.4. The molecule has 0 aliphatic rings. The number of hydrogen-bond acceptors (Lipinski definition) is 4. The van der Waals surface area contributed by atoms with Gasteiger partial charge in [-0.15, -0.1) is 0 Å². The molecule has 6 heteroatoms. The first-order valence-electron chi connectivity index (χ1n) is 5.98. The van der Waals surface area contributed by atoms with E-state index in [1.165, 1.54) is 18.2 Å². The normalized spacial score (nSPS) is 10.6. The average molecular weight is 268 g/mol. The lowest BCUT2D eigenvalue weighted by atomic mass is 10.1. The van der Waals surface area contributed by atoms with Gasteiger partial charge in [0.2, 0.25) is 5.95 Å². The van der Waals surface area contributed by atoms with Crippen LogP contribution in [0, 0.1) is 0 Å². The molecule has 0 aliphatic carbocycles. The molecule has 1 heterocycles. The van der Waals surface area contributed by atoms with Crippen molar-refractivity contribution in [1.29, 1.82) is 0 Å². The number of anilines is 2. The number of para-hydroxylation sites is 2. The van der Waals surface area contributed by atoms with E-state index in [1.54, 1.807) is 0 Å². The Morgan fingerprint density at radius 2 is 2.05 bits per heavy atom. The summed E-state index contributed by atoms with van der Waals surface area (Å²) in [6.45, 7) is 0. The molecule has 1 aromatic heterocycles. The highest BCUT2D eigenvalue weighted by molar-refractivity contribution is 6.06. The Bertz CT molecular complexity index is 762. The van der Waals surface area contributed by atoms with E-state index in [0.717, 1.165) is 11.0 Å². The predicted molar refractivity (Wildman–Crippen MR) is 76.6 cm³/mol. The smallest absolute Gasteiger partial charge is 0.261 e. The molecule has 0 radical (unpaired) electrons. The van der Waals surface area contributed by atoms with Crippen LogP contribution < -0.4 is 11.1 Å². The van der Waals surface area contributed by atoms with Crippen LogP contribution in [0.5, 0.6) is 5.75 Å². The van der Waals surface area contributed by atoms with E-state index in [1.807, 2.05) is 24.3 Å². The molecule has 20 heavy (non-hydrogen) atoms. The van der Waals surface area contributed by atoms with Gasteiger partial charge in [-0.25, -0.2) is 4.98 Å². The molecule has 1 amide bonds. The minimum atomic E-state index is -0.478. The highest BCUT2D eigenvalue weighted by atomic mass is 16.3. The number of nitrogen functional groups attached to an aromatic ring is 1. The van der Waals surface area contributed by atoms with Crippen LogP contribution in [-0.2, 0) is 0 Å². The summed E-state index contributed by atoms with van der Waals surface area (Å²) in [5, 5.41) is 12.3. The van der Waals surface area contributed by atoms with Gasteiger partial charge in [-0.3, -0.25) is 10.1 Å². The molecule has 0 unspecified atom stereocenters.